The molecule has 7 heteroatoms. The highest BCUT2D eigenvalue weighted by molar-refractivity contribution is 5.94. The van der Waals surface area contributed by atoms with Crippen LogP contribution < -0.4 is 14.4 Å². The SMILES string of the molecule is CCN(C)C(=O)c1ccc(N(c2cccc(O)c2)C2CCN(CCCc3ccc4c(c3)OCO4)CC2C)cc1. The van der Waals surface area contributed by atoms with E-state index in [9.17, 15) is 9.90 Å². The van der Waals surface area contributed by atoms with Crippen LogP contribution in [-0.4, -0.2) is 66.9 Å². The maximum Gasteiger partial charge on any atom is 0.253 e. The largest absolute Gasteiger partial charge is 0.508 e. The van der Waals surface area contributed by atoms with E-state index in [1.54, 1.807) is 11.0 Å². The average molecular weight is 530 g/mol. The van der Waals surface area contributed by atoms with E-state index < -0.39 is 0 Å². The van der Waals surface area contributed by atoms with Gasteiger partial charge in [-0.3, -0.25) is 4.79 Å². The van der Waals surface area contributed by atoms with Crippen molar-refractivity contribution < 1.29 is 19.4 Å². The van der Waals surface area contributed by atoms with Crippen molar-refractivity contribution in [3.8, 4) is 17.2 Å². The Morgan fingerprint density at radius 2 is 1.82 bits per heavy atom. The Kier molecular flexibility index (Phi) is 8.27. The first-order chi connectivity index (χ1) is 18.9. The number of amides is 1. The topological polar surface area (TPSA) is 65.5 Å². The van der Waals surface area contributed by atoms with Gasteiger partial charge >= 0.3 is 0 Å². The van der Waals surface area contributed by atoms with Crippen molar-refractivity contribution in [1.29, 1.82) is 0 Å². The molecule has 0 aliphatic carbocycles. The lowest BCUT2D eigenvalue weighted by Crippen LogP contribution is -2.49. The minimum atomic E-state index is 0.0235. The van der Waals surface area contributed by atoms with Gasteiger partial charge in [-0.15, -0.1) is 0 Å². The molecule has 2 aliphatic rings. The quantitative estimate of drug-likeness (QED) is 0.384. The van der Waals surface area contributed by atoms with Crippen molar-refractivity contribution >= 4 is 17.3 Å². The standard InChI is InChI=1S/C32H39N3O4/c1-4-33(3)32(37)25-11-13-26(14-12-25)35(27-8-5-9-28(36)20-27)29-16-18-34(21-23(29)2)17-6-7-24-10-15-30-31(19-24)39-22-38-30/h5,8-15,19-20,23,29,36H,4,6-7,16-18,21-22H2,1-3H3. The lowest BCUT2D eigenvalue weighted by atomic mass is 9.91. The number of hydrogen-bond donors (Lipinski definition) is 1. The number of rotatable bonds is 9. The van der Waals surface area contributed by atoms with Crippen LogP contribution in [0.4, 0.5) is 11.4 Å². The van der Waals surface area contributed by atoms with Gasteiger partial charge in [-0.25, -0.2) is 0 Å². The van der Waals surface area contributed by atoms with Gasteiger partial charge in [-0.05, 0) is 92.7 Å². The fraction of sp³-hybridized carbons (Fsp3) is 0.406. The zero-order chi connectivity index (χ0) is 27.4. The Morgan fingerprint density at radius 1 is 1.03 bits per heavy atom. The molecule has 7 nitrogen and oxygen atoms in total. The molecule has 1 fully saturated rings. The highest BCUT2D eigenvalue weighted by Gasteiger charge is 2.32. The normalized spacial score (nSPS) is 18.6. The summed E-state index contributed by atoms with van der Waals surface area (Å²) in [4.78, 5) is 19.3. The van der Waals surface area contributed by atoms with Crippen molar-refractivity contribution in [2.24, 2.45) is 5.92 Å². The number of benzene rings is 3. The number of hydrogen-bond acceptors (Lipinski definition) is 6. The summed E-state index contributed by atoms with van der Waals surface area (Å²) in [7, 11) is 1.82. The van der Waals surface area contributed by atoms with Crippen molar-refractivity contribution in [2.75, 3.05) is 44.9 Å². The Bertz CT molecular complexity index is 1280. The fourth-order valence-electron chi connectivity index (χ4n) is 5.71. The third-order valence-electron chi connectivity index (χ3n) is 7.97. The van der Waals surface area contributed by atoms with Crippen LogP contribution in [0.5, 0.6) is 17.2 Å². The number of anilines is 2. The predicted molar refractivity (Wildman–Crippen MR) is 154 cm³/mol. The van der Waals surface area contributed by atoms with E-state index in [2.05, 4.69) is 28.9 Å². The number of piperidine rings is 1. The molecule has 39 heavy (non-hydrogen) atoms. The molecule has 1 amide bonds. The minimum absolute atomic E-state index is 0.0235. The summed E-state index contributed by atoms with van der Waals surface area (Å²) in [6.45, 7) is 8.35. The van der Waals surface area contributed by atoms with Crippen LogP contribution in [0.15, 0.2) is 66.7 Å². The van der Waals surface area contributed by atoms with Gasteiger partial charge in [-0.2, -0.15) is 0 Å². The maximum absolute atomic E-state index is 12.6. The van der Waals surface area contributed by atoms with Gasteiger partial charge in [0, 0.05) is 55.7 Å². The van der Waals surface area contributed by atoms with Crippen molar-refractivity contribution in [1.82, 2.24) is 9.80 Å². The van der Waals surface area contributed by atoms with E-state index >= 15 is 0 Å². The summed E-state index contributed by atoms with van der Waals surface area (Å²) < 4.78 is 11.0. The summed E-state index contributed by atoms with van der Waals surface area (Å²) in [5.74, 6) is 2.38. The van der Waals surface area contributed by atoms with E-state index in [-0.39, 0.29) is 17.7 Å². The molecular formula is C32H39N3O4. The first-order valence-electron chi connectivity index (χ1n) is 14.0. The van der Waals surface area contributed by atoms with Crippen LogP contribution in [0.2, 0.25) is 0 Å². The number of carbonyl (C=O) groups excluding carboxylic acids is 1. The van der Waals surface area contributed by atoms with E-state index in [1.807, 2.05) is 62.5 Å². The third-order valence-corrected chi connectivity index (χ3v) is 7.97. The second kappa shape index (κ2) is 12.0. The van der Waals surface area contributed by atoms with Crippen LogP contribution in [0.1, 0.15) is 42.6 Å². The Hall–Kier alpha value is -3.71. The van der Waals surface area contributed by atoms with E-state index in [1.165, 1.54) is 5.56 Å². The van der Waals surface area contributed by atoms with E-state index in [4.69, 9.17) is 9.47 Å². The van der Waals surface area contributed by atoms with Gasteiger partial charge in [0.1, 0.15) is 5.75 Å². The lowest BCUT2D eigenvalue weighted by molar-refractivity contribution is 0.0802. The first kappa shape index (κ1) is 26.9. The Morgan fingerprint density at radius 3 is 2.56 bits per heavy atom. The van der Waals surface area contributed by atoms with Crippen LogP contribution >= 0.6 is 0 Å². The number of nitrogens with zero attached hydrogens (tertiary/aromatic N) is 3. The van der Waals surface area contributed by atoms with Gasteiger partial charge < -0.3 is 29.3 Å². The molecule has 1 N–H and O–H groups in total. The minimum Gasteiger partial charge on any atom is -0.508 e. The molecule has 0 spiro atoms. The maximum atomic E-state index is 12.6. The number of carbonyl (C=O) groups is 1. The molecule has 2 atom stereocenters. The number of ether oxygens (including phenoxy) is 2. The van der Waals surface area contributed by atoms with Crippen LogP contribution in [0, 0.1) is 5.92 Å². The number of phenolic OH excluding ortho intramolecular Hbond substituents is 1. The first-order valence-corrected chi connectivity index (χ1v) is 14.0. The van der Waals surface area contributed by atoms with Gasteiger partial charge in [0.15, 0.2) is 11.5 Å². The summed E-state index contributed by atoms with van der Waals surface area (Å²) in [6.07, 6.45) is 3.12. The molecule has 2 unspecified atom stereocenters. The van der Waals surface area contributed by atoms with Gasteiger partial charge in [0.2, 0.25) is 6.79 Å². The zero-order valence-corrected chi connectivity index (χ0v) is 23.2. The number of likely N-dealkylation sites (tertiary alicyclic amines) is 1. The molecule has 206 valence electrons. The molecule has 5 rings (SSSR count). The van der Waals surface area contributed by atoms with E-state index in [0.29, 0.717) is 24.8 Å². The average Bonchev–Trinajstić information content (AvgIpc) is 3.42. The molecule has 2 aliphatic heterocycles. The molecule has 0 saturated carbocycles. The molecule has 2 heterocycles. The Labute approximate surface area is 231 Å². The number of aromatic hydroxyl groups is 1. The van der Waals surface area contributed by atoms with Gasteiger partial charge in [-0.1, -0.05) is 19.1 Å². The Balaban J connectivity index is 1.26. The highest BCUT2D eigenvalue weighted by Crippen LogP contribution is 2.36. The highest BCUT2D eigenvalue weighted by atomic mass is 16.7. The lowest BCUT2D eigenvalue weighted by Gasteiger charge is -2.44. The number of fused-ring (bicyclic) bond motifs is 1. The molecule has 3 aromatic carbocycles. The summed E-state index contributed by atoms with van der Waals surface area (Å²) in [5, 5.41) is 10.3. The van der Waals surface area contributed by atoms with Crippen LogP contribution in [0.3, 0.4) is 0 Å². The third kappa shape index (κ3) is 6.14. The fourth-order valence-corrected chi connectivity index (χ4v) is 5.71. The summed E-state index contributed by atoms with van der Waals surface area (Å²) in [5.41, 5.74) is 3.96. The van der Waals surface area contributed by atoms with E-state index in [0.717, 1.165) is 61.8 Å². The van der Waals surface area contributed by atoms with Gasteiger partial charge in [0.25, 0.3) is 5.91 Å². The number of phenols is 1. The smallest absolute Gasteiger partial charge is 0.253 e. The molecule has 3 aromatic rings. The van der Waals surface area contributed by atoms with Crippen LogP contribution in [-0.2, 0) is 6.42 Å². The van der Waals surface area contributed by atoms with Crippen molar-refractivity contribution in [3.63, 3.8) is 0 Å². The summed E-state index contributed by atoms with van der Waals surface area (Å²) >= 11 is 0. The summed E-state index contributed by atoms with van der Waals surface area (Å²) in [6, 6.07) is 21.9. The van der Waals surface area contributed by atoms with Crippen LogP contribution in [0.25, 0.3) is 0 Å². The second-order valence-corrected chi connectivity index (χ2v) is 10.7. The van der Waals surface area contributed by atoms with Crippen molar-refractivity contribution in [2.45, 2.75) is 39.2 Å². The second-order valence-electron chi connectivity index (χ2n) is 10.7. The van der Waals surface area contributed by atoms with Gasteiger partial charge in [0.05, 0.1) is 0 Å². The number of aryl methyl sites for hydroxylation is 1. The molecular weight excluding hydrogens is 490 g/mol. The predicted octanol–water partition coefficient (Wildman–Crippen LogP) is 5.69. The molecule has 0 radical (unpaired) electrons. The molecule has 0 bridgehead atoms. The molecule has 1 saturated heterocycles. The molecule has 0 aromatic heterocycles. The monoisotopic (exact) mass is 529 g/mol. The zero-order valence-electron chi connectivity index (χ0n) is 23.2. The van der Waals surface area contributed by atoms with Crippen molar-refractivity contribution in [3.05, 3.63) is 77.9 Å².